The number of nitrogens with one attached hydrogen (secondary N) is 2. The van der Waals surface area contributed by atoms with Gasteiger partial charge in [-0.25, -0.2) is 4.98 Å². The Bertz CT molecular complexity index is 1240. The number of aromatic nitrogens is 2. The molecule has 0 aliphatic carbocycles. The number of pyridine rings is 1. The van der Waals surface area contributed by atoms with Gasteiger partial charge in [-0.1, -0.05) is 12.1 Å². The molecule has 0 bridgehead atoms. The van der Waals surface area contributed by atoms with Crippen LogP contribution in [0.5, 0.6) is 5.75 Å². The fourth-order valence-corrected chi connectivity index (χ4v) is 3.62. The summed E-state index contributed by atoms with van der Waals surface area (Å²) in [5.74, 6) is 0.730. The zero-order chi connectivity index (χ0) is 19.8. The van der Waals surface area contributed by atoms with Crippen LogP contribution in [0.3, 0.4) is 0 Å². The molecule has 0 saturated carbocycles. The summed E-state index contributed by atoms with van der Waals surface area (Å²) in [5.41, 5.74) is 1.85. The van der Waals surface area contributed by atoms with Gasteiger partial charge in [-0.15, -0.1) is 0 Å². The number of imidazole rings is 1. The SMILES string of the molecule is COc1cccc([C@@H](C)Nc2c(Nc3cc(Br)c4nccn4c3)c(=O)c2=O)c1. The number of anilines is 3. The van der Waals surface area contributed by atoms with Gasteiger partial charge in [0.15, 0.2) is 5.65 Å². The molecular formula is C20H17BrN4O3. The van der Waals surface area contributed by atoms with Crippen LogP contribution in [0.15, 0.2) is 63.0 Å². The minimum absolute atomic E-state index is 0.179. The molecule has 2 N–H and O–H groups in total. The van der Waals surface area contributed by atoms with E-state index in [1.54, 1.807) is 25.7 Å². The molecule has 8 heteroatoms. The van der Waals surface area contributed by atoms with Gasteiger partial charge >= 0.3 is 0 Å². The van der Waals surface area contributed by atoms with Gasteiger partial charge in [0.1, 0.15) is 17.1 Å². The topological polar surface area (TPSA) is 84.7 Å². The van der Waals surface area contributed by atoms with Crippen molar-refractivity contribution in [1.29, 1.82) is 0 Å². The van der Waals surface area contributed by atoms with E-state index in [2.05, 4.69) is 31.5 Å². The first kappa shape index (κ1) is 18.2. The van der Waals surface area contributed by atoms with E-state index in [1.807, 2.05) is 41.7 Å². The third kappa shape index (κ3) is 3.16. The average molecular weight is 441 g/mol. The Kier molecular flexibility index (Phi) is 4.64. The van der Waals surface area contributed by atoms with Crippen molar-refractivity contribution in [2.24, 2.45) is 0 Å². The molecule has 0 fully saturated rings. The van der Waals surface area contributed by atoms with Gasteiger partial charge in [0, 0.05) is 24.6 Å². The molecular weight excluding hydrogens is 424 g/mol. The second kappa shape index (κ2) is 7.12. The van der Waals surface area contributed by atoms with Crippen molar-refractivity contribution in [2.75, 3.05) is 17.7 Å². The van der Waals surface area contributed by atoms with Gasteiger partial charge in [-0.05, 0) is 46.6 Å². The number of rotatable bonds is 6. The molecule has 0 aliphatic heterocycles. The van der Waals surface area contributed by atoms with Crippen molar-refractivity contribution in [3.05, 3.63) is 79.4 Å². The second-order valence-corrected chi connectivity index (χ2v) is 7.27. The highest BCUT2D eigenvalue weighted by atomic mass is 79.9. The number of halogens is 1. The Morgan fingerprint density at radius 2 is 1.96 bits per heavy atom. The van der Waals surface area contributed by atoms with Crippen LogP contribution in [-0.2, 0) is 0 Å². The van der Waals surface area contributed by atoms with Crippen molar-refractivity contribution in [1.82, 2.24) is 9.38 Å². The Morgan fingerprint density at radius 3 is 2.75 bits per heavy atom. The van der Waals surface area contributed by atoms with E-state index >= 15 is 0 Å². The first-order chi connectivity index (χ1) is 13.5. The van der Waals surface area contributed by atoms with Crippen molar-refractivity contribution in [3.8, 4) is 5.75 Å². The van der Waals surface area contributed by atoms with Crippen molar-refractivity contribution >= 4 is 38.6 Å². The number of nitrogens with zero attached hydrogens (tertiary/aromatic N) is 2. The highest BCUT2D eigenvalue weighted by molar-refractivity contribution is 9.10. The van der Waals surface area contributed by atoms with Gasteiger partial charge in [-0.2, -0.15) is 0 Å². The summed E-state index contributed by atoms with van der Waals surface area (Å²) in [4.78, 5) is 28.5. The molecule has 0 saturated heterocycles. The lowest BCUT2D eigenvalue weighted by molar-refractivity contribution is 0.414. The van der Waals surface area contributed by atoms with E-state index in [-0.39, 0.29) is 17.4 Å². The standard InChI is InChI=1S/C20H17BrN4O3/c1-11(12-4-3-5-14(8-12)28-2)23-16-17(19(27)18(16)26)24-13-9-15(21)20-22-6-7-25(20)10-13/h3-11,23-24H,1-2H3/t11-/m1/s1. The predicted octanol–water partition coefficient (Wildman–Crippen LogP) is 3.62. The Labute approximate surface area is 168 Å². The third-order valence-electron chi connectivity index (χ3n) is 4.58. The lowest BCUT2D eigenvalue weighted by atomic mass is 10.1. The smallest absolute Gasteiger partial charge is 0.253 e. The molecule has 2 aromatic heterocycles. The van der Waals surface area contributed by atoms with Crippen LogP contribution in [0, 0.1) is 0 Å². The van der Waals surface area contributed by atoms with Crippen molar-refractivity contribution < 1.29 is 4.74 Å². The molecule has 0 amide bonds. The van der Waals surface area contributed by atoms with Crippen LogP contribution >= 0.6 is 15.9 Å². The summed E-state index contributed by atoms with van der Waals surface area (Å²) in [6.45, 7) is 1.92. The monoisotopic (exact) mass is 440 g/mol. The van der Waals surface area contributed by atoms with Gasteiger partial charge < -0.3 is 19.8 Å². The van der Waals surface area contributed by atoms with Crippen LogP contribution in [0.2, 0.25) is 0 Å². The summed E-state index contributed by atoms with van der Waals surface area (Å²) in [5, 5.41) is 6.20. The summed E-state index contributed by atoms with van der Waals surface area (Å²) in [7, 11) is 1.60. The van der Waals surface area contributed by atoms with Crippen LogP contribution in [0.4, 0.5) is 17.1 Å². The maximum absolute atomic E-state index is 12.1. The summed E-state index contributed by atoms with van der Waals surface area (Å²) >= 11 is 3.46. The quantitative estimate of drug-likeness (QED) is 0.445. The molecule has 7 nitrogen and oxygen atoms in total. The maximum atomic E-state index is 12.1. The fraction of sp³-hybridized carbons (Fsp3) is 0.150. The Balaban J connectivity index is 1.60. The van der Waals surface area contributed by atoms with Crippen molar-refractivity contribution in [3.63, 3.8) is 0 Å². The molecule has 2 heterocycles. The number of methoxy groups -OCH3 is 1. The van der Waals surface area contributed by atoms with Crippen LogP contribution in [0.25, 0.3) is 5.65 Å². The minimum Gasteiger partial charge on any atom is -0.497 e. The number of ether oxygens (including phenoxy) is 1. The second-order valence-electron chi connectivity index (χ2n) is 6.41. The molecule has 0 radical (unpaired) electrons. The zero-order valence-corrected chi connectivity index (χ0v) is 16.8. The third-order valence-corrected chi connectivity index (χ3v) is 5.16. The average Bonchev–Trinajstić information content (AvgIpc) is 3.19. The Morgan fingerprint density at radius 1 is 1.18 bits per heavy atom. The largest absolute Gasteiger partial charge is 0.497 e. The first-order valence-corrected chi connectivity index (χ1v) is 9.40. The van der Waals surface area contributed by atoms with E-state index < -0.39 is 10.9 Å². The zero-order valence-electron chi connectivity index (χ0n) is 15.2. The lowest BCUT2D eigenvalue weighted by Gasteiger charge is -2.20. The number of hydrogen-bond acceptors (Lipinski definition) is 6. The van der Waals surface area contributed by atoms with Gasteiger partial charge in [0.25, 0.3) is 10.9 Å². The van der Waals surface area contributed by atoms with E-state index in [4.69, 9.17) is 4.74 Å². The molecule has 142 valence electrons. The molecule has 1 atom stereocenters. The first-order valence-electron chi connectivity index (χ1n) is 8.61. The lowest BCUT2D eigenvalue weighted by Crippen LogP contribution is -2.37. The van der Waals surface area contributed by atoms with Gasteiger partial charge in [0.05, 0.1) is 17.3 Å². The number of benzene rings is 1. The maximum Gasteiger partial charge on any atom is 0.253 e. The highest BCUT2D eigenvalue weighted by Gasteiger charge is 2.23. The molecule has 0 spiro atoms. The van der Waals surface area contributed by atoms with E-state index in [0.29, 0.717) is 5.69 Å². The normalized spacial score (nSPS) is 12.2. The molecule has 4 rings (SSSR count). The summed E-state index contributed by atoms with van der Waals surface area (Å²) in [6, 6.07) is 9.19. The highest BCUT2D eigenvalue weighted by Crippen LogP contribution is 2.28. The van der Waals surface area contributed by atoms with Crippen LogP contribution in [-0.4, -0.2) is 16.5 Å². The van der Waals surface area contributed by atoms with E-state index in [9.17, 15) is 9.59 Å². The molecule has 28 heavy (non-hydrogen) atoms. The van der Waals surface area contributed by atoms with Gasteiger partial charge in [0.2, 0.25) is 0 Å². The van der Waals surface area contributed by atoms with E-state index in [1.165, 1.54) is 0 Å². The number of hydrogen-bond donors (Lipinski definition) is 2. The van der Waals surface area contributed by atoms with Crippen molar-refractivity contribution in [2.45, 2.75) is 13.0 Å². The fourth-order valence-electron chi connectivity index (χ4n) is 3.06. The molecule has 0 aliphatic rings. The molecule has 2 aromatic carbocycles. The van der Waals surface area contributed by atoms with Crippen LogP contribution < -0.4 is 26.2 Å². The molecule has 4 aromatic rings. The predicted molar refractivity (Wildman–Crippen MR) is 113 cm³/mol. The van der Waals surface area contributed by atoms with E-state index in [0.717, 1.165) is 21.4 Å². The minimum atomic E-state index is -0.540. The van der Waals surface area contributed by atoms with Gasteiger partial charge in [-0.3, -0.25) is 9.59 Å². The Hall–Kier alpha value is -3.13. The molecule has 0 unspecified atom stereocenters. The summed E-state index contributed by atoms with van der Waals surface area (Å²) < 4.78 is 7.84. The number of fused-ring (bicyclic) bond motifs is 1. The van der Waals surface area contributed by atoms with Crippen LogP contribution in [0.1, 0.15) is 18.5 Å². The summed E-state index contributed by atoms with van der Waals surface area (Å²) in [6.07, 6.45) is 5.29.